The molecule has 3 aromatic rings. The minimum absolute atomic E-state index is 0.140. The summed E-state index contributed by atoms with van der Waals surface area (Å²) in [6.07, 6.45) is 4.49. The highest BCUT2D eigenvalue weighted by Crippen LogP contribution is 2.20. The van der Waals surface area contributed by atoms with E-state index >= 15 is 0 Å². The molecule has 160 valence electrons. The van der Waals surface area contributed by atoms with Crippen LogP contribution in [0.25, 0.3) is 11.2 Å². The molecule has 1 saturated heterocycles. The van der Waals surface area contributed by atoms with Crippen LogP contribution in [-0.2, 0) is 20.6 Å². The lowest BCUT2D eigenvalue weighted by molar-refractivity contribution is 0.388. The van der Waals surface area contributed by atoms with E-state index in [-0.39, 0.29) is 23.5 Å². The second kappa shape index (κ2) is 8.43. The third-order valence-electron chi connectivity index (χ3n) is 5.82. The summed E-state index contributed by atoms with van der Waals surface area (Å²) >= 11 is 0. The maximum absolute atomic E-state index is 14.3. The fourth-order valence-corrected chi connectivity index (χ4v) is 4.06. The number of nitrogens with one attached hydrogen (secondary N) is 2. The highest BCUT2D eigenvalue weighted by molar-refractivity contribution is 5.74. The van der Waals surface area contributed by atoms with Crippen molar-refractivity contribution >= 4 is 17.1 Å². The van der Waals surface area contributed by atoms with Gasteiger partial charge in [-0.2, -0.15) is 4.98 Å². The number of rotatable bonds is 6. The Balaban J connectivity index is 1.73. The van der Waals surface area contributed by atoms with Crippen molar-refractivity contribution < 1.29 is 4.39 Å². The van der Waals surface area contributed by atoms with Crippen molar-refractivity contribution in [3.8, 4) is 0 Å². The molecule has 1 fully saturated rings. The van der Waals surface area contributed by atoms with Crippen LogP contribution in [-0.4, -0.2) is 37.8 Å². The van der Waals surface area contributed by atoms with Gasteiger partial charge in [0.1, 0.15) is 5.82 Å². The number of aromatic nitrogens is 4. The molecule has 0 spiro atoms. The van der Waals surface area contributed by atoms with Crippen molar-refractivity contribution in [1.82, 2.24) is 24.0 Å². The van der Waals surface area contributed by atoms with Gasteiger partial charge in [-0.15, -0.1) is 0 Å². The van der Waals surface area contributed by atoms with Crippen molar-refractivity contribution in [2.75, 3.05) is 18.4 Å². The Morgan fingerprint density at radius 3 is 2.73 bits per heavy atom. The van der Waals surface area contributed by atoms with Gasteiger partial charge in [0.15, 0.2) is 11.2 Å². The van der Waals surface area contributed by atoms with Crippen LogP contribution < -0.4 is 21.9 Å². The van der Waals surface area contributed by atoms with Gasteiger partial charge in [-0.05, 0) is 31.9 Å². The van der Waals surface area contributed by atoms with Crippen LogP contribution in [0.3, 0.4) is 0 Å². The number of aryl methyl sites for hydroxylation is 1. The van der Waals surface area contributed by atoms with Crippen LogP contribution in [0, 0.1) is 5.82 Å². The second-order valence-corrected chi connectivity index (χ2v) is 7.85. The van der Waals surface area contributed by atoms with Crippen LogP contribution in [0.1, 0.15) is 31.2 Å². The Bertz CT molecular complexity index is 1170. The summed E-state index contributed by atoms with van der Waals surface area (Å²) in [7, 11) is 3.02. The average molecular weight is 414 g/mol. The van der Waals surface area contributed by atoms with E-state index in [0.29, 0.717) is 24.1 Å². The van der Waals surface area contributed by atoms with E-state index in [0.717, 1.165) is 24.0 Å². The number of hydrogen-bond acceptors (Lipinski definition) is 5. The SMILES string of the molecule is Cn1c(=O)c2c(nc(NCCC3CCCCN3)n2Cc2ccccc2F)n(C)c1=O. The van der Waals surface area contributed by atoms with Gasteiger partial charge >= 0.3 is 5.69 Å². The maximum atomic E-state index is 14.3. The van der Waals surface area contributed by atoms with Crippen molar-refractivity contribution in [3.63, 3.8) is 0 Å². The molecule has 1 atom stereocenters. The normalized spacial score (nSPS) is 16.8. The summed E-state index contributed by atoms with van der Waals surface area (Å²) in [6, 6.07) is 6.91. The van der Waals surface area contributed by atoms with E-state index in [1.165, 1.54) is 30.5 Å². The zero-order valence-corrected chi connectivity index (χ0v) is 17.3. The summed E-state index contributed by atoms with van der Waals surface area (Å²) in [5, 5.41) is 6.82. The molecular weight excluding hydrogens is 387 g/mol. The van der Waals surface area contributed by atoms with E-state index in [1.807, 2.05) is 0 Å². The minimum atomic E-state index is -0.445. The van der Waals surface area contributed by atoms with E-state index in [2.05, 4.69) is 15.6 Å². The molecule has 0 saturated carbocycles. The second-order valence-electron chi connectivity index (χ2n) is 7.85. The molecule has 8 nitrogen and oxygen atoms in total. The topological polar surface area (TPSA) is 85.9 Å². The zero-order chi connectivity index (χ0) is 21.3. The Morgan fingerprint density at radius 2 is 2.00 bits per heavy atom. The number of hydrogen-bond donors (Lipinski definition) is 2. The van der Waals surface area contributed by atoms with Gasteiger partial charge in [-0.1, -0.05) is 24.6 Å². The molecular formula is C21H27FN6O2. The number of nitrogens with zero attached hydrogens (tertiary/aromatic N) is 4. The molecule has 30 heavy (non-hydrogen) atoms. The molecule has 0 aliphatic carbocycles. The molecule has 3 heterocycles. The van der Waals surface area contributed by atoms with Crippen LogP contribution in [0.2, 0.25) is 0 Å². The lowest BCUT2D eigenvalue weighted by Gasteiger charge is -2.23. The Morgan fingerprint density at radius 1 is 1.20 bits per heavy atom. The molecule has 1 unspecified atom stereocenters. The highest BCUT2D eigenvalue weighted by atomic mass is 19.1. The highest BCUT2D eigenvalue weighted by Gasteiger charge is 2.20. The lowest BCUT2D eigenvalue weighted by Crippen LogP contribution is -2.37. The third-order valence-corrected chi connectivity index (χ3v) is 5.82. The van der Waals surface area contributed by atoms with Gasteiger partial charge in [-0.3, -0.25) is 18.5 Å². The summed E-state index contributed by atoms with van der Waals surface area (Å²) < 4.78 is 18.4. The quantitative estimate of drug-likeness (QED) is 0.640. The number of benzene rings is 1. The number of anilines is 1. The van der Waals surface area contributed by atoms with Crippen LogP contribution in [0.4, 0.5) is 10.3 Å². The predicted molar refractivity (Wildman–Crippen MR) is 114 cm³/mol. The first-order valence-corrected chi connectivity index (χ1v) is 10.3. The van der Waals surface area contributed by atoms with Crippen molar-refractivity contribution in [2.24, 2.45) is 14.1 Å². The van der Waals surface area contributed by atoms with Crippen LogP contribution in [0.15, 0.2) is 33.9 Å². The van der Waals surface area contributed by atoms with Crippen molar-refractivity contribution in [3.05, 3.63) is 56.5 Å². The summed E-state index contributed by atoms with van der Waals surface area (Å²) in [5.74, 6) is 0.112. The molecule has 1 aromatic carbocycles. The molecule has 0 amide bonds. The standard InChI is InChI=1S/C21H27FN6O2/c1-26-18-17(19(29)27(2)21(26)30)28(13-14-7-3-4-9-16(14)22)20(25-18)24-12-10-15-8-5-6-11-23-15/h3-4,7,9,15,23H,5-6,8,10-13H2,1-2H3,(H,24,25). The first-order valence-electron chi connectivity index (χ1n) is 10.3. The third kappa shape index (κ3) is 3.77. The Kier molecular flexibility index (Phi) is 5.72. The zero-order valence-electron chi connectivity index (χ0n) is 17.3. The molecule has 1 aliphatic rings. The van der Waals surface area contributed by atoms with Crippen molar-refractivity contribution in [2.45, 2.75) is 38.3 Å². The van der Waals surface area contributed by atoms with E-state index in [9.17, 15) is 14.0 Å². The smallest absolute Gasteiger partial charge is 0.332 e. The molecule has 9 heteroatoms. The summed E-state index contributed by atoms with van der Waals surface area (Å²) in [4.78, 5) is 29.8. The van der Waals surface area contributed by atoms with Gasteiger partial charge < -0.3 is 10.6 Å². The van der Waals surface area contributed by atoms with Gasteiger partial charge in [-0.25, -0.2) is 9.18 Å². The molecule has 2 aromatic heterocycles. The minimum Gasteiger partial charge on any atom is -0.356 e. The molecule has 1 aliphatic heterocycles. The van der Waals surface area contributed by atoms with Gasteiger partial charge in [0.2, 0.25) is 5.95 Å². The van der Waals surface area contributed by atoms with E-state index in [4.69, 9.17) is 0 Å². The van der Waals surface area contributed by atoms with E-state index < -0.39 is 11.2 Å². The number of fused-ring (bicyclic) bond motifs is 1. The largest absolute Gasteiger partial charge is 0.356 e. The monoisotopic (exact) mass is 414 g/mol. The predicted octanol–water partition coefficient (Wildman–Crippen LogP) is 1.57. The first-order chi connectivity index (χ1) is 14.5. The lowest BCUT2D eigenvalue weighted by atomic mass is 10.0. The van der Waals surface area contributed by atoms with Gasteiger partial charge in [0.05, 0.1) is 6.54 Å². The molecule has 0 radical (unpaired) electrons. The van der Waals surface area contributed by atoms with Crippen molar-refractivity contribution in [1.29, 1.82) is 0 Å². The molecule has 0 bridgehead atoms. The number of piperidine rings is 1. The molecule has 2 N–H and O–H groups in total. The maximum Gasteiger partial charge on any atom is 0.332 e. The number of halogens is 1. The number of imidazole rings is 1. The van der Waals surface area contributed by atoms with Crippen LogP contribution in [0.5, 0.6) is 0 Å². The van der Waals surface area contributed by atoms with E-state index in [1.54, 1.807) is 29.8 Å². The Hall–Kier alpha value is -2.94. The Labute approximate surface area is 173 Å². The fourth-order valence-electron chi connectivity index (χ4n) is 4.06. The van der Waals surface area contributed by atoms with Gasteiger partial charge in [0.25, 0.3) is 5.56 Å². The summed E-state index contributed by atoms with van der Waals surface area (Å²) in [5.41, 5.74) is 0.128. The summed E-state index contributed by atoms with van der Waals surface area (Å²) in [6.45, 7) is 1.84. The van der Waals surface area contributed by atoms with Gasteiger partial charge in [0, 0.05) is 32.2 Å². The average Bonchev–Trinajstić information content (AvgIpc) is 3.11. The molecule has 4 rings (SSSR count). The van der Waals surface area contributed by atoms with Crippen LogP contribution >= 0.6 is 0 Å². The first kappa shape index (κ1) is 20.3. The fraction of sp³-hybridized carbons (Fsp3) is 0.476.